The standard InChI is InChI=1S/C11H12O4/c1-7(12)4-5-9-6-10(14-3)8(2)11(13)15-9/h4-6H,1-3H3/b5-4+. The highest BCUT2D eigenvalue weighted by atomic mass is 16.5. The topological polar surface area (TPSA) is 56.5 Å². The summed E-state index contributed by atoms with van der Waals surface area (Å²) in [4.78, 5) is 22.0. The quantitative estimate of drug-likeness (QED) is 0.707. The highest BCUT2D eigenvalue weighted by molar-refractivity contribution is 5.91. The van der Waals surface area contributed by atoms with Crippen LogP contribution in [0, 0.1) is 6.92 Å². The summed E-state index contributed by atoms with van der Waals surface area (Å²) in [5.41, 5.74) is -0.0463. The Morgan fingerprint density at radius 2 is 2.20 bits per heavy atom. The predicted octanol–water partition coefficient (Wildman–Crippen LogP) is 1.56. The maximum atomic E-state index is 11.3. The van der Waals surface area contributed by atoms with Gasteiger partial charge in [0, 0.05) is 6.07 Å². The van der Waals surface area contributed by atoms with E-state index in [4.69, 9.17) is 9.15 Å². The van der Waals surface area contributed by atoms with Gasteiger partial charge in [0.2, 0.25) is 0 Å². The molecule has 0 bridgehead atoms. The molecule has 0 saturated carbocycles. The number of allylic oxidation sites excluding steroid dienone is 1. The lowest BCUT2D eigenvalue weighted by Gasteiger charge is -2.02. The van der Waals surface area contributed by atoms with E-state index in [1.165, 1.54) is 26.2 Å². The third-order valence-corrected chi connectivity index (χ3v) is 1.86. The van der Waals surface area contributed by atoms with Gasteiger partial charge < -0.3 is 9.15 Å². The fourth-order valence-corrected chi connectivity index (χ4v) is 1.04. The highest BCUT2D eigenvalue weighted by Gasteiger charge is 2.05. The van der Waals surface area contributed by atoms with Crippen molar-refractivity contribution in [3.63, 3.8) is 0 Å². The number of carbonyl (C=O) groups excluding carboxylic acids is 1. The van der Waals surface area contributed by atoms with E-state index in [2.05, 4.69) is 0 Å². The maximum Gasteiger partial charge on any atom is 0.342 e. The number of rotatable bonds is 3. The Balaban J connectivity index is 3.17. The van der Waals surface area contributed by atoms with Gasteiger partial charge >= 0.3 is 5.63 Å². The van der Waals surface area contributed by atoms with Crippen LogP contribution >= 0.6 is 0 Å². The van der Waals surface area contributed by atoms with Crippen molar-refractivity contribution in [1.29, 1.82) is 0 Å². The van der Waals surface area contributed by atoms with Crippen LogP contribution < -0.4 is 10.4 Å². The lowest BCUT2D eigenvalue weighted by molar-refractivity contribution is -0.112. The molecule has 1 rings (SSSR count). The SMILES string of the molecule is COc1cc(/C=C/C(C)=O)oc(=O)c1C. The Labute approximate surface area is 87.2 Å². The van der Waals surface area contributed by atoms with Gasteiger partial charge in [-0.2, -0.15) is 0 Å². The van der Waals surface area contributed by atoms with E-state index < -0.39 is 5.63 Å². The van der Waals surface area contributed by atoms with Crippen molar-refractivity contribution in [2.75, 3.05) is 7.11 Å². The van der Waals surface area contributed by atoms with E-state index in [0.717, 1.165) is 0 Å². The van der Waals surface area contributed by atoms with Crippen LogP contribution in [0.2, 0.25) is 0 Å². The highest BCUT2D eigenvalue weighted by Crippen LogP contribution is 2.15. The molecule has 0 saturated heterocycles. The van der Waals surface area contributed by atoms with E-state index >= 15 is 0 Å². The van der Waals surface area contributed by atoms with Crippen molar-refractivity contribution in [3.8, 4) is 5.75 Å². The van der Waals surface area contributed by atoms with Gasteiger partial charge in [0.1, 0.15) is 11.5 Å². The summed E-state index contributed by atoms with van der Waals surface area (Å²) >= 11 is 0. The second-order valence-electron chi connectivity index (χ2n) is 3.07. The van der Waals surface area contributed by atoms with E-state index in [1.807, 2.05) is 0 Å². The van der Waals surface area contributed by atoms with E-state index in [9.17, 15) is 9.59 Å². The summed E-state index contributed by atoms with van der Waals surface area (Å²) in [6.45, 7) is 3.03. The van der Waals surface area contributed by atoms with E-state index in [-0.39, 0.29) is 5.78 Å². The monoisotopic (exact) mass is 208 g/mol. The summed E-state index contributed by atoms with van der Waals surface area (Å²) in [5.74, 6) is 0.643. The fourth-order valence-electron chi connectivity index (χ4n) is 1.04. The van der Waals surface area contributed by atoms with Crippen LogP contribution in [-0.4, -0.2) is 12.9 Å². The number of ketones is 1. The second-order valence-corrected chi connectivity index (χ2v) is 3.07. The lowest BCUT2D eigenvalue weighted by Crippen LogP contribution is -2.06. The minimum Gasteiger partial charge on any atom is -0.496 e. The van der Waals surface area contributed by atoms with Crippen molar-refractivity contribution in [1.82, 2.24) is 0 Å². The van der Waals surface area contributed by atoms with Gasteiger partial charge in [-0.3, -0.25) is 4.79 Å². The molecule has 0 spiro atoms. The summed E-state index contributed by atoms with van der Waals surface area (Å²) in [7, 11) is 1.47. The molecule has 15 heavy (non-hydrogen) atoms. The lowest BCUT2D eigenvalue weighted by atomic mass is 10.2. The molecule has 1 heterocycles. The molecule has 4 nitrogen and oxygen atoms in total. The van der Waals surface area contributed by atoms with Crippen molar-refractivity contribution in [2.45, 2.75) is 13.8 Å². The molecule has 0 fully saturated rings. The molecule has 0 aliphatic rings. The summed E-state index contributed by atoms with van der Waals surface area (Å²) < 4.78 is 9.92. The van der Waals surface area contributed by atoms with Gasteiger partial charge in [0.15, 0.2) is 5.78 Å². The molecule has 0 aliphatic heterocycles. The molecule has 1 aromatic heterocycles. The Kier molecular flexibility index (Phi) is 3.44. The number of carbonyl (C=O) groups is 1. The second kappa shape index (κ2) is 4.59. The van der Waals surface area contributed by atoms with Crippen LogP contribution in [0.25, 0.3) is 6.08 Å². The van der Waals surface area contributed by atoms with Gasteiger partial charge in [0.05, 0.1) is 12.7 Å². The van der Waals surface area contributed by atoms with Gasteiger partial charge in [-0.1, -0.05) is 0 Å². The number of hydrogen-bond donors (Lipinski definition) is 0. The van der Waals surface area contributed by atoms with Crippen LogP contribution in [0.15, 0.2) is 21.4 Å². The largest absolute Gasteiger partial charge is 0.496 e. The zero-order valence-corrected chi connectivity index (χ0v) is 8.87. The first-order valence-corrected chi connectivity index (χ1v) is 4.42. The zero-order chi connectivity index (χ0) is 11.4. The van der Waals surface area contributed by atoms with Crippen LogP contribution in [0.4, 0.5) is 0 Å². The smallest absolute Gasteiger partial charge is 0.342 e. The summed E-state index contributed by atoms with van der Waals surface area (Å²) in [6.07, 6.45) is 2.76. The third-order valence-electron chi connectivity index (χ3n) is 1.86. The Bertz CT molecular complexity index is 454. The number of ether oxygens (including phenoxy) is 1. The normalized spacial score (nSPS) is 10.6. The van der Waals surface area contributed by atoms with Crippen LogP contribution in [0.5, 0.6) is 5.75 Å². The van der Waals surface area contributed by atoms with Crippen molar-refractivity contribution < 1.29 is 13.9 Å². The van der Waals surface area contributed by atoms with Crippen molar-refractivity contribution in [3.05, 3.63) is 33.9 Å². The molecule has 0 amide bonds. The average Bonchev–Trinajstić information content (AvgIpc) is 2.19. The van der Waals surface area contributed by atoms with E-state index in [0.29, 0.717) is 17.1 Å². The van der Waals surface area contributed by atoms with Gasteiger partial charge in [-0.05, 0) is 26.0 Å². The molecular weight excluding hydrogens is 196 g/mol. The average molecular weight is 208 g/mol. The number of methoxy groups -OCH3 is 1. The van der Waals surface area contributed by atoms with E-state index in [1.54, 1.807) is 13.0 Å². The van der Waals surface area contributed by atoms with Crippen LogP contribution in [0.3, 0.4) is 0 Å². The van der Waals surface area contributed by atoms with Crippen LogP contribution in [0.1, 0.15) is 18.2 Å². The first kappa shape index (κ1) is 11.2. The first-order valence-electron chi connectivity index (χ1n) is 4.42. The minimum atomic E-state index is -0.461. The molecule has 80 valence electrons. The van der Waals surface area contributed by atoms with Gasteiger partial charge in [-0.15, -0.1) is 0 Å². The van der Waals surface area contributed by atoms with Gasteiger partial charge in [-0.25, -0.2) is 4.79 Å². The molecule has 1 aromatic rings. The molecule has 0 aromatic carbocycles. The first-order chi connectivity index (χ1) is 7.04. The fraction of sp³-hybridized carbons (Fsp3) is 0.273. The molecular formula is C11H12O4. The minimum absolute atomic E-state index is 0.114. The third kappa shape index (κ3) is 2.80. The predicted molar refractivity (Wildman–Crippen MR) is 56.0 cm³/mol. The Morgan fingerprint density at radius 1 is 1.53 bits per heavy atom. The number of hydrogen-bond acceptors (Lipinski definition) is 4. The van der Waals surface area contributed by atoms with Crippen molar-refractivity contribution in [2.24, 2.45) is 0 Å². The molecule has 0 aliphatic carbocycles. The molecule has 0 unspecified atom stereocenters. The Hall–Kier alpha value is -1.84. The molecule has 0 N–H and O–H groups in total. The zero-order valence-electron chi connectivity index (χ0n) is 8.87. The molecule has 0 atom stereocenters. The summed E-state index contributed by atoms with van der Waals surface area (Å²) in [6, 6.07) is 1.57. The van der Waals surface area contributed by atoms with Crippen LogP contribution in [-0.2, 0) is 4.79 Å². The van der Waals surface area contributed by atoms with Crippen molar-refractivity contribution >= 4 is 11.9 Å². The molecule has 4 heteroatoms. The summed E-state index contributed by atoms with van der Waals surface area (Å²) in [5, 5.41) is 0. The Morgan fingerprint density at radius 3 is 2.73 bits per heavy atom. The maximum absolute atomic E-state index is 11.3. The van der Waals surface area contributed by atoms with Gasteiger partial charge in [0.25, 0.3) is 0 Å². The molecule has 0 radical (unpaired) electrons.